The predicted molar refractivity (Wildman–Crippen MR) is 60.6 cm³/mol. The van der Waals surface area contributed by atoms with Crippen molar-refractivity contribution in [3.63, 3.8) is 0 Å². The highest BCUT2D eigenvalue weighted by Gasteiger charge is 2.36. The Hall–Kier alpha value is -0.560. The largest absolute Gasteiger partial charge is 0.445 e. The van der Waals surface area contributed by atoms with E-state index in [1.54, 1.807) is 0 Å². The summed E-state index contributed by atoms with van der Waals surface area (Å²) in [6.07, 6.45) is -2.61. The SMILES string of the molecule is FC(F)(F)c1nnc(N2CCC(CCl)CC2)s1. The van der Waals surface area contributed by atoms with E-state index in [9.17, 15) is 13.2 Å². The molecule has 0 aromatic carbocycles. The maximum absolute atomic E-state index is 12.4. The molecule has 96 valence electrons. The fourth-order valence-corrected chi connectivity index (χ4v) is 2.81. The maximum atomic E-state index is 12.4. The molecule has 1 aromatic heterocycles. The Labute approximate surface area is 106 Å². The Morgan fingerprint density at radius 3 is 2.41 bits per heavy atom. The second-order valence-corrected chi connectivity index (χ2v) is 5.24. The second-order valence-electron chi connectivity index (χ2n) is 3.97. The number of piperidine rings is 1. The minimum absolute atomic E-state index is 0.352. The molecule has 8 heteroatoms. The Morgan fingerprint density at radius 1 is 1.29 bits per heavy atom. The van der Waals surface area contributed by atoms with E-state index in [4.69, 9.17) is 11.6 Å². The molecule has 0 saturated carbocycles. The van der Waals surface area contributed by atoms with Crippen molar-refractivity contribution >= 4 is 28.1 Å². The van der Waals surface area contributed by atoms with E-state index < -0.39 is 11.2 Å². The molecule has 0 N–H and O–H groups in total. The van der Waals surface area contributed by atoms with Crippen LogP contribution in [0.5, 0.6) is 0 Å². The van der Waals surface area contributed by atoms with Crippen LogP contribution in [0.4, 0.5) is 18.3 Å². The number of alkyl halides is 4. The van der Waals surface area contributed by atoms with E-state index in [0.717, 1.165) is 12.8 Å². The predicted octanol–water partition coefficient (Wildman–Crippen LogP) is 3.01. The van der Waals surface area contributed by atoms with E-state index in [-0.39, 0.29) is 0 Å². The molecule has 0 unspecified atom stereocenters. The summed E-state index contributed by atoms with van der Waals surface area (Å²) in [7, 11) is 0. The molecule has 1 aliphatic heterocycles. The molecule has 1 saturated heterocycles. The van der Waals surface area contributed by atoms with Crippen LogP contribution in [0.1, 0.15) is 17.8 Å². The molecule has 0 spiro atoms. The van der Waals surface area contributed by atoms with E-state index in [2.05, 4.69) is 10.2 Å². The molecule has 1 aromatic rings. The highest BCUT2D eigenvalue weighted by atomic mass is 35.5. The van der Waals surface area contributed by atoms with Crippen molar-refractivity contribution in [3.05, 3.63) is 5.01 Å². The first kappa shape index (κ1) is 12.9. The van der Waals surface area contributed by atoms with Gasteiger partial charge in [0.15, 0.2) is 0 Å². The molecule has 17 heavy (non-hydrogen) atoms. The number of halogens is 4. The van der Waals surface area contributed by atoms with Crippen molar-refractivity contribution in [2.45, 2.75) is 19.0 Å². The van der Waals surface area contributed by atoms with Gasteiger partial charge in [0, 0.05) is 19.0 Å². The van der Waals surface area contributed by atoms with Gasteiger partial charge >= 0.3 is 6.18 Å². The Kier molecular flexibility index (Phi) is 3.77. The summed E-state index contributed by atoms with van der Waals surface area (Å²) in [5.41, 5.74) is 0. The number of aromatic nitrogens is 2. The normalized spacial score (nSPS) is 18.7. The number of hydrogen-bond acceptors (Lipinski definition) is 4. The first-order valence-corrected chi connectivity index (χ1v) is 6.57. The molecular weight excluding hydrogens is 275 g/mol. The van der Waals surface area contributed by atoms with Crippen LogP contribution in [-0.4, -0.2) is 29.2 Å². The molecule has 0 atom stereocenters. The molecule has 0 amide bonds. The van der Waals surface area contributed by atoms with Gasteiger partial charge in [0.1, 0.15) is 0 Å². The lowest BCUT2D eigenvalue weighted by Gasteiger charge is -2.30. The summed E-state index contributed by atoms with van der Waals surface area (Å²) in [6, 6.07) is 0. The summed E-state index contributed by atoms with van der Waals surface area (Å²) >= 11 is 6.35. The third-order valence-electron chi connectivity index (χ3n) is 2.76. The van der Waals surface area contributed by atoms with Crippen LogP contribution < -0.4 is 4.90 Å². The molecule has 2 rings (SSSR count). The summed E-state index contributed by atoms with van der Waals surface area (Å²) in [4.78, 5) is 1.84. The lowest BCUT2D eigenvalue weighted by atomic mass is 9.99. The molecule has 2 heterocycles. The third-order valence-corrected chi connectivity index (χ3v) is 4.23. The van der Waals surface area contributed by atoms with Crippen LogP contribution in [0, 0.1) is 5.92 Å². The van der Waals surface area contributed by atoms with E-state index in [0.29, 0.717) is 41.4 Å². The van der Waals surface area contributed by atoms with Gasteiger partial charge in [-0.25, -0.2) is 0 Å². The zero-order valence-corrected chi connectivity index (χ0v) is 10.4. The van der Waals surface area contributed by atoms with Gasteiger partial charge in [-0.2, -0.15) is 13.2 Å². The number of hydrogen-bond donors (Lipinski definition) is 0. The van der Waals surface area contributed by atoms with Crippen molar-refractivity contribution < 1.29 is 13.2 Å². The van der Waals surface area contributed by atoms with E-state index >= 15 is 0 Å². The molecule has 0 aliphatic carbocycles. The van der Waals surface area contributed by atoms with Gasteiger partial charge in [0.25, 0.3) is 0 Å². The lowest BCUT2D eigenvalue weighted by molar-refractivity contribution is -0.138. The maximum Gasteiger partial charge on any atom is 0.445 e. The van der Waals surface area contributed by atoms with Crippen molar-refractivity contribution in [2.75, 3.05) is 23.9 Å². The van der Waals surface area contributed by atoms with Gasteiger partial charge in [-0.3, -0.25) is 0 Å². The highest BCUT2D eigenvalue weighted by Crippen LogP contribution is 2.35. The average molecular weight is 286 g/mol. The van der Waals surface area contributed by atoms with Crippen molar-refractivity contribution in [2.24, 2.45) is 5.92 Å². The zero-order valence-electron chi connectivity index (χ0n) is 8.87. The molecule has 0 radical (unpaired) electrons. The molecular formula is C9H11ClF3N3S. The van der Waals surface area contributed by atoms with Crippen LogP contribution in [0.3, 0.4) is 0 Å². The fourth-order valence-electron chi connectivity index (χ4n) is 1.74. The lowest BCUT2D eigenvalue weighted by Crippen LogP contribution is -2.34. The van der Waals surface area contributed by atoms with Gasteiger partial charge < -0.3 is 4.90 Å². The molecule has 3 nitrogen and oxygen atoms in total. The molecule has 1 aliphatic rings. The quantitative estimate of drug-likeness (QED) is 0.782. The van der Waals surface area contributed by atoms with Gasteiger partial charge in [0.05, 0.1) is 0 Å². The van der Waals surface area contributed by atoms with Crippen LogP contribution in [0.25, 0.3) is 0 Å². The monoisotopic (exact) mass is 285 g/mol. The van der Waals surface area contributed by atoms with Crippen LogP contribution >= 0.6 is 22.9 Å². The topological polar surface area (TPSA) is 29.0 Å². The summed E-state index contributed by atoms with van der Waals surface area (Å²) in [5, 5.41) is 6.25. The first-order chi connectivity index (χ1) is 8.00. The van der Waals surface area contributed by atoms with Crippen molar-refractivity contribution in [1.82, 2.24) is 10.2 Å². The third kappa shape index (κ3) is 3.01. The van der Waals surface area contributed by atoms with Crippen LogP contribution in [0.2, 0.25) is 0 Å². The number of anilines is 1. The second kappa shape index (κ2) is 4.97. The Balaban J connectivity index is 2.02. The van der Waals surface area contributed by atoms with Crippen LogP contribution in [-0.2, 0) is 6.18 Å². The highest BCUT2D eigenvalue weighted by molar-refractivity contribution is 7.15. The minimum Gasteiger partial charge on any atom is -0.347 e. The average Bonchev–Trinajstić information content (AvgIpc) is 2.78. The zero-order chi connectivity index (χ0) is 12.5. The Morgan fingerprint density at radius 2 is 1.94 bits per heavy atom. The van der Waals surface area contributed by atoms with Crippen molar-refractivity contribution in [3.8, 4) is 0 Å². The van der Waals surface area contributed by atoms with Gasteiger partial charge in [-0.1, -0.05) is 11.3 Å². The van der Waals surface area contributed by atoms with E-state index in [1.165, 1.54) is 0 Å². The smallest absolute Gasteiger partial charge is 0.347 e. The summed E-state index contributed by atoms with van der Waals surface area (Å²) in [5.74, 6) is 1.07. The first-order valence-electron chi connectivity index (χ1n) is 5.22. The molecule has 0 bridgehead atoms. The standard InChI is InChI=1S/C9H11ClF3N3S/c10-5-6-1-3-16(4-2-6)8-15-14-7(17-8)9(11,12)13/h6H,1-5H2. The number of rotatable bonds is 2. The van der Waals surface area contributed by atoms with Gasteiger partial charge in [-0.15, -0.1) is 21.8 Å². The molecule has 1 fully saturated rings. The number of nitrogens with zero attached hydrogens (tertiary/aromatic N) is 3. The summed E-state index contributed by atoms with van der Waals surface area (Å²) in [6.45, 7) is 1.40. The summed E-state index contributed by atoms with van der Waals surface area (Å²) < 4.78 is 37.1. The van der Waals surface area contributed by atoms with Crippen molar-refractivity contribution in [1.29, 1.82) is 0 Å². The van der Waals surface area contributed by atoms with E-state index in [1.807, 2.05) is 4.90 Å². The fraction of sp³-hybridized carbons (Fsp3) is 0.778. The van der Waals surface area contributed by atoms with Gasteiger partial charge in [0.2, 0.25) is 10.1 Å². The minimum atomic E-state index is -4.40. The van der Waals surface area contributed by atoms with Gasteiger partial charge in [-0.05, 0) is 18.8 Å². The Bertz CT molecular complexity index is 374. The van der Waals surface area contributed by atoms with Crippen LogP contribution in [0.15, 0.2) is 0 Å².